The van der Waals surface area contributed by atoms with Crippen LogP contribution < -0.4 is 10.2 Å². The van der Waals surface area contributed by atoms with Gasteiger partial charge >= 0.3 is 0 Å². The number of carbonyl (C=O) groups excluding carboxylic acids is 1. The quantitative estimate of drug-likeness (QED) is 0.919. The number of carbonyl (C=O) groups is 1. The lowest BCUT2D eigenvalue weighted by molar-refractivity contribution is 0.103. The van der Waals surface area contributed by atoms with Crippen molar-refractivity contribution in [2.45, 2.75) is 19.8 Å². The van der Waals surface area contributed by atoms with Gasteiger partial charge < -0.3 is 10.2 Å². The van der Waals surface area contributed by atoms with E-state index in [9.17, 15) is 4.79 Å². The van der Waals surface area contributed by atoms with Crippen molar-refractivity contribution in [1.29, 1.82) is 0 Å². The highest BCUT2D eigenvalue weighted by atomic mass is 32.1. The smallest absolute Gasteiger partial charge is 0.265 e. The van der Waals surface area contributed by atoms with E-state index in [1.807, 2.05) is 29.6 Å². The summed E-state index contributed by atoms with van der Waals surface area (Å²) in [5, 5.41) is 4.85. The molecule has 3 rings (SSSR count). The first-order valence-electron chi connectivity index (χ1n) is 7.42. The van der Waals surface area contributed by atoms with E-state index in [0.717, 1.165) is 29.6 Å². The van der Waals surface area contributed by atoms with Gasteiger partial charge in [-0.1, -0.05) is 13.0 Å². The minimum Gasteiger partial charge on any atom is -0.372 e. The molecule has 1 aromatic heterocycles. The molecule has 0 aliphatic carbocycles. The van der Waals surface area contributed by atoms with Crippen molar-refractivity contribution in [2.24, 2.45) is 5.92 Å². The van der Waals surface area contributed by atoms with Gasteiger partial charge in [0.2, 0.25) is 0 Å². The summed E-state index contributed by atoms with van der Waals surface area (Å²) in [5.41, 5.74) is 2.10. The number of rotatable bonds is 3. The van der Waals surface area contributed by atoms with Crippen molar-refractivity contribution < 1.29 is 4.79 Å². The second-order valence-corrected chi connectivity index (χ2v) is 6.60. The van der Waals surface area contributed by atoms with E-state index < -0.39 is 0 Å². The fourth-order valence-corrected chi connectivity index (χ4v) is 3.24. The minimum absolute atomic E-state index is 0.0375. The summed E-state index contributed by atoms with van der Waals surface area (Å²) in [4.78, 5) is 15.1. The summed E-state index contributed by atoms with van der Waals surface area (Å²) in [6.45, 7) is 4.57. The number of nitrogens with one attached hydrogen (secondary N) is 1. The van der Waals surface area contributed by atoms with Crippen molar-refractivity contribution in [3.63, 3.8) is 0 Å². The molecule has 1 aromatic carbocycles. The average molecular weight is 300 g/mol. The van der Waals surface area contributed by atoms with Crippen LogP contribution in [0.4, 0.5) is 11.4 Å². The fourth-order valence-electron chi connectivity index (χ4n) is 2.62. The highest BCUT2D eigenvalue weighted by Gasteiger charge is 2.16. The summed E-state index contributed by atoms with van der Waals surface area (Å²) in [7, 11) is 0. The van der Waals surface area contributed by atoms with Crippen molar-refractivity contribution in [3.05, 3.63) is 46.7 Å². The predicted molar refractivity (Wildman–Crippen MR) is 89.3 cm³/mol. The van der Waals surface area contributed by atoms with Crippen molar-refractivity contribution in [3.8, 4) is 0 Å². The molecule has 0 saturated carbocycles. The Balaban J connectivity index is 1.63. The van der Waals surface area contributed by atoms with Gasteiger partial charge in [-0.3, -0.25) is 4.79 Å². The maximum Gasteiger partial charge on any atom is 0.265 e. The first kappa shape index (κ1) is 14.1. The number of thiophene rings is 1. The first-order valence-corrected chi connectivity index (χ1v) is 8.30. The molecule has 4 heteroatoms. The van der Waals surface area contributed by atoms with Gasteiger partial charge in [-0.2, -0.15) is 0 Å². The van der Waals surface area contributed by atoms with E-state index in [2.05, 4.69) is 29.3 Å². The van der Waals surface area contributed by atoms with Crippen molar-refractivity contribution in [1.82, 2.24) is 0 Å². The number of anilines is 2. The summed E-state index contributed by atoms with van der Waals surface area (Å²) in [6.07, 6.45) is 2.52. The van der Waals surface area contributed by atoms with E-state index in [-0.39, 0.29) is 5.91 Å². The summed E-state index contributed by atoms with van der Waals surface area (Å²) in [5.74, 6) is 0.801. The molecule has 0 unspecified atom stereocenters. The lowest BCUT2D eigenvalue weighted by Gasteiger charge is -2.32. The third-order valence-electron chi connectivity index (χ3n) is 4.02. The Morgan fingerprint density at radius 2 is 1.90 bits per heavy atom. The van der Waals surface area contributed by atoms with Crippen LogP contribution in [0.15, 0.2) is 41.8 Å². The van der Waals surface area contributed by atoms with Gasteiger partial charge in [-0.05, 0) is 54.5 Å². The Bertz CT molecular complexity index is 584. The van der Waals surface area contributed by atoms with Crippen LogP contribution in [-0.2, 0) is 0 Å². The van der Waals surface area contributed by atoms with Crippen LogP contribution in [0.25, 0.3) is 0 Å². The molecule has 110 valence electrons. The van der Waals surface area contributed by atoms with Crippen LogP contribution >= 0.6 is 11.3 Å². The minimum atomic E-state index is -0.0375. The number of hydrogen-bond acceptors (Lipinski definition) is 3. The van der Waals surface area contributed by atoms with Crippen molar-refractivity contribution >= 4 is 28.6 Å². The third kappa shape index (κ3) is 3.45. The molecule has 1 fully saturated rings. The Kier molecular flexibility index (Phi) is 4.25. The molecule has 0 spiro atoms. The summed E-state index contributed by atoms with van der Waals surface area (Å²) >= 11 is 1.46. The van der Waals surface area contributed by atoms with Crippen LogP contribution in [-0.4, -0.2) is 19.0 Å². The zero-order chi connectivity index (χ0) is 14.7. The van der Waals surface area contributed by atoms with Crippen molar-refractivity contribution in [2.75, 3.05) is 23.3 Å². The lowest BCUT2D eigenvalue weighted by atomic mass is 9.99. The highest BCUT2D eigenvalue weighted by Crippen LogP contribution is 2.24. The van der Waals surface area contributed by atoms with Gasteiger partial charge in [0.1, 0.15) is 0 Å². The second-order valence-electron chi connectivity index (χ2n) is 5.65. The van der Waals surface area contributed by atoms with Crippen LogP contribution in [0.1, 0.15) is 29.4 Å². The van der Waals surface area contributed by atoms with E-state index in [1.165, 1.54) is 29.9 Å². The fraction of sp³-hybridized carbons (Fsp3) is 0.353. The number of amides is 1. The monoisotopic (exact) mass is 300 g/mol. The number of piperidine rings is 1. The zero-order valence-corrected chi connectivity index (χ0v) is 13.0. The molecule has 1 aliphatic rings. The molecule has 3 nitrogen and oxygen atoms in total. The molecule has 0 bridgehead atoms. The van der Waals surface area contributed by atoms with E-state index in [4.69, 9.17) is 0 Å². The SMILES string of the molecule is CC1CCN(c2ccc(NC(=O)c3cccs3)cc2)CC1. The van der Waals surface area contributed by atoms with Crippen LogP contribution in [0.5, 0.6) is 0 Å². The highest BCUT2D eigenvalue weighted by molar-refractivity contribution is 7.12. The molecule has 1 amide bonds. The van der Waals surface area contributed by atoms with E-state index in [0.29, 0.717) is 0 Å². The molecular weight excluding hydrogens is 280 g/mol. The standard InChI is InChI=1S/C17H20N2OS/c1-13-8-10-19(11-9-13)15-6-4-14(5-7-15)18-17(20)16-3-2-12-21-16/h2-7,12-13H,8-11H2,1H3,(H,18,20). The van der Waals surface area contributed by atoms with Crippen LogP contribution in [0, 0.1) is 5.92 Å². The maximum atomic E-state index is 12.0. The lowest BCUT2D eigenvalue weighted by Crippen LogP contribution is -2.32. The van der Waals surface area contributed by atoms with E-state index >= 15 is 0 Å². The zero-order valence-electron chi connectivity index (χ0n) is 12.2. The number of benzene rings is 1. The largest absolute Gasteiger partial charge is 0.372 e. The topological polar surface area (TPSA) is 32.3 Å². The molecule has 1 saturated heterocycles. The maximum absolute atomic E-state index is 12.0. The van der Waals surface area contributed by atoms with Gasteiger partial charge in [-0.25, -0.2) is 0 Å². The van der Waals surface area contributed by atoms with Crippen LogP contribution in [0.2, 0.25) is 0 Å². The summed E-state index contributed by atoms with van der Waals surface area (Å²) in [6, 6.07) is 11.9. The molecule has 1 aliphatic heterocycles. The van der Waals surface area contributed by atoms with Gasteiger partial charge in [0, 0.05) is 24.5 Å². The molecule has 2 heterocycles. The van der Waals surface area contributed by atoms with E-state index in [1.54, 1.807) is 0 Å². The molecule has 2 aromatic rings. The average Bonchev–Trinajstić information content (AvgIpc) is 3.03. The number of nitrogens with zero attached hydrogens (tertiary/aromatic N) is 1. The Hall–Kier alpha value is -1.81. The summed E-state index contributed by atoms with van der Waals surface area (Å²) < 4.78 is 0. The van der Waals surface area contributed by atoms with Gasteiger partial charge in [0.25, 0.3) is 5.91 Å². The van der Waals surface area contributed by atoms with Gasteiger partial charge in [0.15, 0.2) is 0 Å². The molecule has 21 heavy (non-hydrogen) atoms. The molecular formula is C17H20N2OS. The second kappa shape index (κ2) is 6.31. The molecule has 0 radical (unpaired) electrons. The molecule has 1 N–H and O–H groups in total. The Morgan fingerprint density at radius 1 is 1.19 bits per heavy atom. The normalized spacial score (nSPS) is 16.0. The Morgan fingerprint density at radius 3 is 2.52 bits per heavy atom. The van der Waals surface area contributed by atoms with Gasteiger partial charge in [0.05, 0.1) is 4.88 Å². The Labute approximate surface area is 129 Å². The molecule has 0 atom stereocenters. The van der Waals surface area contributed by atoms with Crippen LogP contribution in [0.3, 0.4) is 0 Å². The third-order valence-corrected chi connectivity index (χ3v) is 4.89. The van der Waals surface area contributed by atoms with Gasteiger partial charge in [-0.15, -0.1) is 11.3 Å². The predicted octanol–water partition coefficient (Wildman–Crippen LogP) is 4.24. The first-order chi connectivity index (χ1) is 10.2. The number of hydrogen-bond donors (Lipinski definition) is 1.